The average molecular weight is 453 g/mol. The molecule has 174 valence electrons. The van der Waals surface area contributed by atoms with Gasteiger partial charge in [-0.3, -0.25) is 4.79 Å². The van der Waals surface area contributed by atoms with Crippen LogP contribution in [0.1, 0.15) is 58.8 Å². The molecule has 0 atom stereocenters. The first-order valence-electron chi connectivity index (χ1n) is 10.2. The number of carbonyl (C=O) groups is 1. The summed E-state index contributed by atoms with van der Waals surface area (Å²) in [6, 6.07) is 6.25. The van der Waals surface area contributed by atoms with Crippen LogP contribution in [-0.4, -0.2) is 43.9 Å². The summed E-state index contributed by atoms with van der Waals surface area (Å²) >= 11 is 0. The molecule has 31 heavy (non-hydrogen) atoms. The maximum absolute atomic E-state index is 12.4. The molecule has 0 radical (unpaired) electrons. The number of nitrogens with zero attached hydrogens (tertiary/aromatic N) is 2. The molecule has 1 heterocycles. The highest BCUT2D eigenvalue weighted by molar-refractivity contribution is 7.89. The molecule has 4 N–H and O–H groups in total. The van der Waals surface area contributed by atoms with Gasteiger partial charge in [-0.05, 0) is 46.0 Å². The van der Waals surface area contributed by atoms with E-state index in [1.807, 2.05) is 48.5 Å². The molecule has 1 aromatic heterocycles. The maximum atomic E-state index is 12.4. The predicted molar refractivity (Wildman–Crippen MR) is 127 cm³/mol. The van der Waals surface area contributed by atoms with Gasteiger partial charge in [-0.15, -0.1) is 0 Å². The normalized spacial score (nSPS) is 10.6. The van der Waals surface area contributed by atoms with Gasteiger partial charge in [0.1, 0.15) is 11.4 Å². The van der Waals surface area contributed by atoms with Crippen LogP contribution in [0, 0.1) is 0 Å². The minimum atomic E-state index is -3.56. The van der Waals surface area contributed by atoms with Crippen LogP contribution >= 0.6 is 0 Å². The van der Waals surface area contributed by atoms with Gasteiger partial charge in [0, 0.05) is 24.5 Å². The minimum absolute atomic E-state index is 0.116. The van der Waals surface area contributed by atoms with Crippen LogP contribution in [0.5, 0.6) is 0 Å². The van der Waals surface area contributed by atoms with Crippen LogP contribution in [0.25, 0.3) is 0 Å². The van der Waals surface area contributed by atoms with E-state index in [1.165, 1.54) is 25.4 Å². The summed E-state index contributed by atoms with van der Waals surface area (Å²) in [5.41, 5.74) is 0.419. The van der Waals surface area contributed by atoms with E-state index in [9.17, 15) is 13.2 Å². The maximum Gasteiger partial charge on any atom is 0.257 e. The lowest BCUT2D eigenvalue weighted by Crippen LogP contribution is -2.41. The number of rotatable bonds is 6. The van der Waals surface area contributed by atoms with Gasteiger partial charge in [-0.25, -0.2) is 18.1 Å². The first-order valence-corrected chi connectivity index (χ1v) is 11.7. The van der Waals surface area contributed by atoms with Gasteiger partial charge in [-0.1, -0.05) is 33.8 Å². The molecule has 0 bridgehead atoms. The Kier molecular flexibility index (Phi) is 11.7. The second-order valence-electron chi connectivity index (χ2n) is 6.77. The second kappa shape index (κ2) is 12.9. The number of aromatic nitrogens is 2. The lowest BCUT2D eigenvalue weighted by molar-refractivity contribution is 0.0919. The number of sulfonamides is 1. The lowest BCUT2D eigenvalue weighted by Gasteiger charge is -2.21. The zero-order valence-electron chi connectivity index (χ0n) is 19.9. The molecule has 0 spiro atoms. The third-order valence-electron chi connectivity index (χ3n) is 3.43. The third kappa shape index (κ3) is 8.89. The van der Waals surface area contributed by atoms with Crippen LogP contribution < -0.4 is 20.7 Å². The number of nitrogens with one attached hydrogen (secondary N) is 4. The molecule has 1 aromatic carbocycles. The summed E-state index contributed by atoms with van der Waals surface area (Å²) < 4.78 is 26.1. The Morgan fingerprint density at radius 2 is 1.65 bits per heavy atom. The van der Waals surface area contributed by atoms with E-state index < -0.39 is 15.6 Å². The van der Waals surface area contributed by atoms with Crippen molar-refractivity contribution >= 4 is 33.4 Å². The fourth-order valence-corrected chi connectivity index (χ4v) is 2.97. The molecule has 0 saturated heterocycles. The van der Waals surface area contributed by atoms with Crippen LogP contribution in [-0.2, 0) is 10.0 Å². The zero-order valence-corrected chi connectivity index (χ0v) is 20.7. The summed E-state index contributed by atoms with van der Waals surface area (Å²) in [4.78, 5) is 20.9. The van der Waals surface area contributed by atoms with Gasteiger partial charge in [0.15, 0.2) is 0 Å². The van der Waals surface area contributed by atoms with E-state index in [0.717, 1.165) is 0 Å². The number of anilines is 3. The highest BCUT2D eigenvalue weighted by atomic mass is 32.2. The monoisotopic (exact) mass is 452 g/mol. The van der Waals surface area contributed by atoms with Crippen molar-refractivity contribution in [2.45, 2.75) is 58.9 Å². The molecule has 10 heteroatoms. The fourth-order valence-electron chi connectivity index (χ4n) is 2.19. The molecular weight excluding hydrogens is 416 g/mol. The fraction of sp³-hybridized carbons (Fsp3) is 0.476. The van der Waals surface area contributed by atoms with Gasteiger partial charge in [0.25, 0.3) is 5.91 Å². The van der Waals surface area contributed by atoms with E-state index in [4.69, 9.17) is 0 Å². The molecule has 0 saturated carbocycles. The molecule has 0 unspecified atom stereocenters. The third-order valence-corrected chi connectivity index (χ3v) is 4.84. The molecule has 2 aromatic rings. The smallest absolute Gasteiger partial charge is 0.257 e. The molecule has 0 aliphatic heterocycles. The van der Waals surface area contributed by atoms with Crippen molar-refractivity contribution in [3.05, 3.63) is 36.0 Å². The van der Waals surface area contributed by atoms with Crippen molar-refractivity contribution in [2.24, 2.45) is 0 Å². The molecular formula is C21H36N6O3S. The van der Waals surface area contributed by atoms with Gasteiger partial charge in [-0.2, -0.15) is 4.98 Å². The molecule has 9 nitrogen and oxygen atoms in total. The summed E-state index contributed by atoms with van der Waals surface area (Å²) in [5.74, 6) is 0.291. The molecule has 0 aliphatic rings. The average Bonchev–Trinajstić information content (AvgIpc) is 2.75. The first-order chi connectivity index (χ1) is 14.6. The van der Waals surface area contributed by atoms with Crippen LogP contribution in [0.2, 0.25) is 0 Å². The van der Waals surface area contributed by atoms with Crippen molar-refractivity contribution in [1.29, 1.82) is 0 Å². The van der Waals surface area contributed by atoms with Crippen molar-refractivity contribution in [2.75, 3.05) is 24.7 Å². The molecule has 2 rings (SSSR count). The number of hydrogen-bond donors (Lipinski definition) is 4. The standard InChI is InChI=1S/C17H24N6O3S.2C2H6/c1-17(2,3)23-15(24)13-10-20-16(22-14(13)18-4)21-11-7-6-8-12(9-11)27(25,26)19-5;2*1-2/h6-10,19H,1-5H3,(H,23,24)(H2,18,20,21,22);2*1-2H3. The van der Waals surface area contributed by atoms with Crippen molar-refractivity contribution < 1.29 is 13.2 Å². The van der Waals surface area contributed by atoms with Gasteiger partial charge in [0.2, 0.25) is 16.0 Å². The Balaban J connectivity index is 0.00000212. The summed E-state index contributed by atoms with van der Waals surface area (Å²) in [7, 11) is -0.558. The largest absolute Gasteiger partial charge is 0.372 e. The van der Waals surface area contributed by atoms with Crippen molar-refractivity contribution in [3.8, 4) is 0 Å². The van der Waals surface area contributed by atoms with Crippen LogP contribution in [0.4, 0.5) is 17.5 Å². The SMILES string of the molecule is CC.CC.CNc1nc(Nc2cccc(S(=O)(=O)NC)c2)ncc1C(=O)NC(C)(C)C. The molecule has 0 aliphatic carbocycles. The second-order valence-corrected chi connectivity index (χ2v) is 8.66. The van der Waals surface area contributed by atoms with E-state index in [1.54, 1.807) is 19.2 Å². The quantitative estimate of drug-likeness (QED) is 0.526. The van der Waals surface area contributed by atoms with Crippen molar-refractivity contribution in [1.82, 2.24) is 20.0 Å². The molecule has 0 fully saturated rings. The minimum Gasteiger partial charge on any atom is -0.372 e. The summed E-state index contributed by atoms with van der Waals surface area (Å²) in [6.45, 7) is 13.6. The highest BCUT2D eigenvalue weighted by Gasteiger charge is 2.19. The number of carbonyl (C=O) groups excluding carboxylic acids is 1. The topological polar surface area (TPSA) is 125 Å². The highest BCUT2D eigenvalue weighted by Crippen LogP contribution is 2.20. The Hall–Kier alpha value is -2.72. The zero-order chi connectivity index (χ0) is 24.2. The number of benzene rings is 1. The van der Waals surface area contributed by atoms with Gasteiger partial charge in [0.05, 0.1) is 4.90 Å². The van der Waals surface area contributed by atoms with Gasteiger partial charge < -0.3 is 16.0 Å². The Labute approximate surface area is 186 Å². The summed E-state index contributed by atoms with van der Waals surface area (Å²) in [5, 5.41) is 8.68. The van der Waals surface area contributed by atoms with Crippen LogP contribution in [0.3, 0.4) is 0 Å². The Morgan fingerprint density at radius 1 is 1.03 bits per heavy atom. The number of amides is 1. The van der Waals surface area contributed by atoms with E-state index in [2.05, 4.69) is 30.6 Å². The Morgan fingerprint density at radius 3 is 2.16 bits per heavy atom. The first kappa shape index (κ1) is 28.3. The van der Waals surface area contributed by atoms with E-state index >= 15 is 0 Å². The Bertz CT molecular complexity index is 940. The van der Waals surface area contributed by atoms with E-state index in [0.29, 0.717) is 17.1 Å². The predicted octanol–water partition coefficient (Wildman–Crippen LogP) is 3.75. The van der Waals surface area contributed by atoms with Gasteiger partial charge >= 0.3 is 0 Å². The summed E-state index contributed by atoms with van der Waals surface area (Å²) in [6.07, 6.45) is 1.41. The number of hydrogen-bond acceptors (Lipinski definition) is 7. The van der Waals surface area contributed by atoms with E-state index in [-0.39, 0.29) is 16.8 Å². The van der Waals surface area contributed by atoms with Crippen molar-refractivity contribution in [3.63, 3.8) is 0 Å². The van der Waals surface area contributed by atoms with Crippen LogP contribution in [0.15, 0.2) is 35.4 Å². The molecule has 1 amide bonds. The lowest BCUT2D eigenvalue weighted by atomic mass is 10.1.